The number of rotatable bonds is 9. The van der Waals surface area contributed by atoms with E-state index in [0.717, 1.165) is 19.2 Å². The molecular weight excluding hydrogens is 228 g/mol. The molecule has 0 unspecified atom stereocenters. The van der Waals surface area contributed by atoms with Crippen LogP contribution in [0.5, 0.6) is 0 Å². The van der Waals surface area contributed by atoms with E-state index in [9.17, 15) is 0 Å². The van der Waals surface area contributed by atoms with Gasteiger partial charge in [-0.25, -0.2) is 0 Å². The molecule has 0 radical (unpaired) electrons. The number of nitrogens with zero attached hydrogens (tertiary/aromatic N) is 1. The van der Waals surface area contributed by atoms with Crippen LogP contribution in [0.3, 0.4) is 0 Å². The third-order valence-corrected chi connectivity index (χ3v) is 3.72. The zero-order valence-corrected chi connectivity index (χ0v) is 12.1. The minimum absolute atomic E-state index is 0.433. The van der Waals surface area contributed by atoms with Crippen molar-refractivity contribution < 1.29 is 9.47 Å². The molecule has 0 bridgehead atoms. The summed E-state index contributed by atoms with van der Waals surface area (Å²) in [5, 5.41) is 0. The van der Waals surface area contributed by atoms with Crippen molar-refractivity contribution in [2.45, 2.75) is 51.1 Å². The Morgan fingerprint density at radius 3 is 2.39 bits per heavy atom. The Labute approximate surface area is 112 Å². The predicted molar refractivity (Wildman–Crippen MR) is 74.8 cm³/mol. The lowest BCUT2D eigenvalue weighted by molar-refractivity contribution is 0.0441. The molecule has 0 atom stereocenters. The molecule has 0 heterocycles. The Bertz CT molecular complexity index is 194. The monoisotopic (exact) mass is 258 g/mol. The van der Waals surface area contributed by atoms with Gasteiger partial charge in [0.15, 0.2) is 0 Å². The number of hydrogen-bond donors (Lipinski definition) is 1. The van der Waals surface area contributed by atoms with Gasteiger partial charge in [0.2, 0.25) is 0 Å². The molecule has 1 saturated carbocycles. The van der Waals surface area contributed by atoms with Crippen LogP contribution in [0.15, 0.2) is 0 Å². The molecule has 0 saturated heterocycles. The highest BCUT2D eigenvalue weighted by atomic mass is 16.5. The summed E-state index contributed by atoms with van der Waals surface area (Å²) in [7, 11) is 1.71. The van der Waals surface area contributed by atoms with Crippen LogP contribution in [-0.2, 0) is 9.47 Å². The van der Waals surface area contributed by atoms with Gasteiger partial charge in [-0.05, 0) is 38.6 Å². The average molecular weight is 258 g/mol. The number of nitrogens with two attached hydrogens (primary N) is 1. The Hall–Kier alpha value is -0.160. The summed E-state index contributed by atoms with van der Waals surface area (Å²) >= 11 is 0. The molecule has 0 aromatic carbocycles. The highest BCUT2D eigenvalue weighted by Gasteiger charge is 2.23. The fourth-order valence-electron chi connectivity index (χ4n) is 2.66. The molecule has 4 heteroatoms. The highest BCUT2D eigenvalue weighted by Crippen LogP contribution is 2.22. The maximum Gasteiger partial charge on any atom is 0.0700 e. The van der Waals surface area contributed by atoms with Crippen molar-refractivity contribution in [1.82, 2.24) is 4.90 Å². The van der Waals surface area contributed by atoms with Gasteiger partial charge in [0.1, 0.15) is 0 Å². The maximum absolute atomic E-state index is 5.97. The molecule has 1 rings (SSSR count). The van der Waals surface area contributed by atoms with Crippen molar-refractivity contribution in [3.63, 3.8) is 0 Å². The maximum atomic E-state index is 5.97. The Morgan fingerprint density at radius 2 is 1.78 bits per heavy atom. The molecule has 1 aliphatic rings. The normalized spacial score (nSPS) is 24.7. The van der Waals surface area contributed by atoms with Crippen molar-refractivity contribution in [3.8, 4) is 0 Å². The average Bonchev–Trinajstić information content (AvgIpc) is 2.38. The van der Waals surface area contributed by atoms with Gasteiger partial charge < -0.3 is 15.2 Å². The van der Waals surface area contributed by atoms with Crippen molar-refractivity contribution in [2.24, 2.45) is 5.73 Å². The van der Waals surface area contributed by atoms with E-state index in [0.29, 0.717) is 19.3 Å². The topological polar surface area (TPSA) is 47.7 Å². The summed E-state index contributed by atoms with van der Waals surface area (Å²) in [4.78, 5) is 2.58. The van der Waals surface area contributed by atoms with Crippen LogP contribution in [0.4, 0.5) is 0 Å². The van der Waals surface area contributed by atoms with Gasteiger partial charge in [-0.15, -0.1) is 0 Å². The zero-order chi connectivity index (χ0) is 13.2. The zero-order valence-electron chi connectivity index (χ0n) is 12.1. The molecule has 2 N–H and O–H groups in total. The van der Waals surface area contributed by atoms with E-state index in [2.05, 4.69) is 11.8 Å². The lowest BCUT2D eigenvalue weighted by atomic mass is 9.90. The molecule has 1 fully saturated rings. The highest BCUT2D eigenvalue weighted by molar-refractivity contribution is 4.81. The Balaban J connectivity index is 2.21. The van der Waals surface area contributed by atoms with Gasteiger partial charge in [0.25, 0.3) is 0 Å². The van der Waals surface area contributed by atoms with Crippen LogP contribution in [0.2, 0.25) is 0 Å². The Morgan fingerprint density at radius 1 is 1.06 bits per heavy atom. The molecule has 0 spiro atoms. The van der Waals surface area contributed by atoms with E-state index >= 15 is 0 Å². The molecule has 108 valence electrons. The van der Waals surface area contributed by atoms with Crippen molar-refractivity contribution >= 4 is 0 Å². The van der Waals surface area contributed by atoms with Crippen molar-refractivity contribution in [3.05, 3.63) is 0 Å². The first-order valence-corrected chi connectivity index (χ1v) is 7.34. The van der Waals surface area contributed by atoms with Crippen LogP contribution in [-0.4, -0.2) is 57.0 Å². The van der Waals surface area contributed by atoms with Gasteiger partial charge in [-0.3, -0.25) is 4.90 Å². The minimum Gasteiger partial charge on any atom is -0.382 e. The first-order chi connectivity index (χ1) is 8.77. The van der Waals surface area contributed by atoms with E-state index in [1.165, 1.54) is 38.6 Å². The SMILES string of the molecule is CCCN(CCOCCOC)C1CCC(N)CC1. The smallest absolute Gasteiger partial charge is 0.0700 e. The molecule has 0 aromatic heterocycles. The van der Waals surface area contributed by atoms with E-state index in [1.807, 2.05) is 0 Å². The van der Waals surface area contributed by atoms with Gasteiger partial charge in [-0.1, -0.05) is 6.92 Å². The predicted octanol–water partition coefficient (Wildman–Crippen LogP) is 1.63. The third kappa shape index (κ3) is 6.14. The van der Waals surface area contributed by atoms with Crippen LogP contribution < -0.4 is 5.73 Å². The number of methoxy groups -OCH3 is 1. The molecule has 1 aliphatic carbocycles. The van der Waals surface area contributed by atoms with Crippen molar-refractivity contribution in [2.75, 3.05) is 40.0 Å². The van der Waals surface area contributed by atoms with Gasteiger partial charge in [0.05, 0.1) is 19.8 Å². The first kappa shape index (κ1) is 15.9. The van der Waals surface area contributed by atoms with E-state index in [4.69, 9.17) is 15.2 Å². The fraction of sp³-hybridized carbons (Fsp3) is 1.00. The second kappa shape index (κ2) is 9.73. The molecule has 0 aromatic rings. The van der Waals surface area contributed by atoms with Crippen LogP contribution >= 0.6 is 0 Å². The largest absolute Gasteiger partial charge is 0.382 e. The Kier molecular flexibility index (Phi) is 8.59. The van der Waals surface area contributed by atoms with Crippen LogP contribution in [0.1, 0.15) is 39.0 Å². The summed E-state index contributed by atoms with van der Waals surface area (Å²) in [6, 6.07) is 1.15. The second-order valence-electron chi connectivity index (χ2n) is 5.21. The molecular formula is C14H30N2O2. The molecule has 4 nitrogen and oxygen atoms in total. The summed E-state index contributed by atoms with van der Waals surface area (Å²) in [5.74, 6) is 0. The number of hydrogen-bond acceptors (Lipinski definition) is 4. The number of ether oxygens (including phenoxy) is 2. The van der Waals surface area contributed by atoms with Gasteiger partial charge in [-0.2, -0.15) is 0 Å². The third-order valence-electron chi connectivity index (χ3n) is 3.72. The minimum atomic E-state index is 0.433. The van der Waals surface area contributed by atoms with Crippen LogP contribution in [0.25, 0.3) is 0 Å². The molecule has 0 amide bonds. The van der Waals surface area contributed by atoms with Crippen molar-refractivity contribution in [1.29, 1.82) is 0 Å². The lowest BCUT2D eigenvalue weighted by Crippen LogP contribution is -2.42. The first-order valence-electron chi connectivity index (χ1n) is 7.34. The van der Waals surface area contributed by atoms with Gasteiger partial charge in [0, 0.05) is 25.7 Å². The second-order valence-corrected chi connectivity index (χ2v) is 5.21. The van der Waals surface area contributed by atoms with Gasteiger partial charge >= 0.3 is 0 Å². The summed E-state index contributed by atoms with van der Waals surface area (Å²) in [6.07, 6.45) is 6.06. The summed E-state index contributed by atoms with van der Waals surface area (Å²) in [5.41, 5.74) is 5.97. The molecule has 18 heavy (non-hydrogen) atoms. The van der Waals surface area contributed by atoms with E-state index in [-0.39, 0.29) is 0 Å². The fourth-order valence-corrected chi connectivity index (χ4v) is 2.66. The van der Waals surface area contributed by atoms with E-state index in [1.54, 1.807) is 7.11 Å². The van der Waals surface area contributed by atoms with E-state index < -0.39 is 0 Å². The summed E-state index contributed by atoms with van der Waals surface area (Å²) < 4.78 is 10.5. The van der Waals surface area contributed by atoms with Crippen LogP contribution in [0, 0.1) is 0 Å². The lowest BCUT2D eigenvalue weighted by Gasteiger charge is -2.35. The summed E-state index contributed by atoms with van der Waals surface area (Å²) in [6.45, 7) is 6.66. The quantitative estimate of drug-likeness (QED) is 0.639. The molecule has 0 aliphatic heterocycles. The standard InChI is InChI=1S/C14H30N2O2/c1-3-8-16(9-10-18-12-11-17-2)14-6-4-13(15)5-7-14/h13-14H,3-12,15H2,1-2H3.